The van der Waals surface area contributed by atoms with Crippen molar-refractivity contribution in [3.63, 3.8) is 0 Å². The molecule has 194 valence electrons. The number of allylic oxidation sites excluding steroid dienone is 4. The van der Waals surface area contributed by atoms with Crippen LogP contribution in [0.25, 0.3) is 55.0 Å². The van der Waals surface area contributed by atoms with Crippen molar-refractivity contribution in [3.8, 4) is 16.8 Å². The van der Waals surface area contributed by atoms with E-state index in [1.54, 1.807) is 6.08 Å². The lowest BCUT2D eigenvalue weighted by Crippen LogP contribution is -2.18. The van der Waals surface area contributed by atoms with E-state index in [1.165, 1.54) is 38.2 Å². The largest absolute Gasteiger partial charge is 0.321 e. The molecule has 0 saturated carbocycles. The van der Waals surface area contributed by atoms with Gasteiger partial charge in [-0.05, 0) is 58.8 Å². The summed E-state index contributed by atoms with van der Waals surface area (Å²) in [5, 5.41) is 4.89. The number of nitrogens with two attached hydrogens (primary N) is 1. The topological polar surface area (TPSA) is 30.9 Å². The molecule has 0 aliphatic rings. The van der Waals surface area contributed by atoms with Crippen LogP contribution in [0, 0.1) is 0 Å². The van der Waals surface area contributed by atoms with Gasteiger partial charge < -0.3 is 10.3 Å². The maximum absolute atomic E-state index is 6.48. The summed E-state index contributed by atoms with van der Waals surface area (Å²) in [6.45, 7) is 9.93. The zero-order valence-electron chi connectivity index (χ0n) is 22.7. The maximum Gasteiger partial charge on any atom is 0.0619 e. The summed E-state index contributed by atoms with van der Waals surface area (Å²) >= 11 is 0. The quantitative estimate of drug-likeness (QED) is 0.210. The Labute approximate surface area is 235 Å². The summed E-state index contributed by atoms with van der Waals surface area (Å²) in [6, 6.07) is 38.9. The van der Waals surface area contributed by atoms with E-state index in [0.717, 1.165) is 27.9 Å². The molecule has 0 saturated heterocycles. The molecule has 5 aromatic carbocycles. The van der Waals surface area contributed by atoms with Gasteiger partial charge in [0.05, 0.1) is 11.0 Å². The van der Waals surface area contributed by atoms with Gasteiger partial charge in [0.2, 0.25) is 0 Å². The van der Waals surface area contributed by atoms with Crippen LogP contribution in [-0.2, 0) is 0 Å². The van der Waals surface area contributed by atoms with E-state index in [0.29, 0.717) is 0 Å². The normalized spacial score (nSPS) is 13.2. The Morgan fingerprint density at radius 1 is 0.750 bits per heavy atom. The molecule has 1 heterocycles. The fraction of sp³-hybridized carbons (Fsp3) is 0.0526. The zero-order valence-corrected chi connectivity index (χ0v) is 22.7. The number of fused-ring (bicyclic) bond motifs is 5. The van der Waals surface area contributed by atoms with Gasteiger partial charge in [-0.3, -0.25) is 0 Å². The van der Waals surface area contributed by atoms with E-state index in [1.807, 2.05) is 19.1 Å². The van der Waals surface area contributed by atoms with Crippen molar-refractivity contribution < 1.29 is 0 Å². The Hall–Kier alpha value is -4.92. The molecule has 0 bridgehead atoms. The SMILES string of the molecule is C=C/C=C(\C)C(N)/C=C(\C=C)c1ccc2c3ccc4cc(-c5ccccc5)ccc4c3n(-c3ccccc3)c2c1. The fourth-order valence-electron chi connectivity index (χ4n) is 5.58. The van der Waals surface area contributed by atoms with Gasteiger partial charge in [-0.15, -0.1) is 0 Å². The highest BCUT2D eigenvalue weighted by molar-refractivity contribution is 6.19. The maximum atomic E-state index is 6.48. The first-order valence-corrected chi connectivity index (χ1v) is 13.6. The van der Waals surface area contributed by atoms with E-state index >= 15 is 0 Å². The smallest absolute Gasteiger partial charge is 0.0619 e. The number of hydrogen-bond donors (Lipinski definition) is 1. The lowest BCUT2D eigenvalue weighted by Gasteiger charge is -2.12. The minimum Gasteiger partial charge on any atom is -0.321 e. The highest BCUT2D eigenvalue weighted by Gasteiger charge is 2.16. The van der Waals surface area contributed by atoms with Crippen LogP contribution in [0.5, 0.6) is 0 Å². The van der Waals surface area contributed by atoms with Gasteiger partial charge in [0, 0.05) is 27.9 Å². The molecule has 6 aromatic rings. The van der Waals surface area contributed by atoms with Crippen molar-refractivity contribution in [2.24, 2.45) is 5.73 Å². The van der Waals surface area contributed by atoms with Crippen molar-refractivity contribution in [2.45, 2.75) is 13.0 Å². The Kier molecular flexibility index (Phi) is 6.77. The van der Waals surface area contributed by atoms with Crippen molar-refractivity contribution in [2.75, 3.05) is 0 Å². The monoisotopic (exact) mass is 516 g/mol. The number of rotatable bonds is 7. The van der Waals surface area contributed by atoms with Crippen LogP contribution in [-0.4, -0.2) is 10.6 Å². The number of aromatic nitrogens is 1. The third-order valence-electron chi connectivity index (χ3n) is 7.68. The van der Waals surface area contributed by atoms with E-state index in [9.17, 15) is 0 Å². The summed E-state index contributed by atoms with van der Waals surface area (Å²) in [5.41, 5.74) is 15.6. The lowest BCUT2D eigenvalue weighted by atomic mass is 9.98. The average Bonchev–Trinajstić information content (AvgIpc) is 3.34. The molecule has 0 aliphatic heterocycles. The summed E-state index contributed by atoms with van der Waals surface area (Å²) < 4.78 is 2.39. The van der Waals surface area contributed by atoms with Crippen LogP contribution in [0.15, 0.2) is 152 Å². The molecule has 6 rings (SSSR count). The minimum absolute atomic E-state index is 0.218. The van der Waals surface area contributed by atoms with Crippen LogP contribution in [0.4, 0.5) is 0 Å². The fourth-order valence-corrected chi connectivity index (χ4v) is 5.58. The Balaban J connectivity index is 1.62. The first kappa shape index (κ1) is 25.4. The summed E-state index contributed by atoms with van der Waals surface area (Å²) in [6.07, 6.45) is 7.68. The summed E-state index contributed by atoms with van der Waals surface area (Å²) in [5.74, 6) is 0. The van der Waals surface area contributed by atoms with Gasteiger partial charge in [-0.1, -0.05) is 128 Å². The highest BCUT2D eigenvalue weighted by atomic mass is 15.0. The van der Waals surface area contributed by atoms with E-state index in [2.05, 4.69) is 133 Å². The van der Waals surface area contributed by atoms with Crippen LogP contribution in [0.3, 0.4) is 0 Å². The average molecular weight is 517 g/mol. The van der Waals surface area contributed by atoms with Crippen molar-refractivity contribution in [1.29, 1.82) is 0 Å². The van der Waals surface area contributed by atoms with E-state index < -0.39 is 0 Å². The second kappa shape index (κ2) is 10.7. The van der Waals surface area contributed by atoms with Crippen molar-refractivity contribution >= 4 is 38.2 Å². The van der Waals surface area contributed by atoms with Crippen LogP contribution in [0.2, 0.25) is 0 Å². The van der Waals surface area contributed by atoms with Gasteiger partial charge in [-0.25, -0.2) is 0 Å². The van der Waals surface area contributed by atoms with Crippen LogP contribution < -0.4 is 5.73 Å². The predicted octanol–water partition coefficient (Wildman–Crippen LogP) is 9.63. The van der Waals surface area contributed by atoms with Crippen LogP contribution >= 0.6 is 0 Å². The van der Waals surface area contributed by atoms with E-state index in [4.69, 9.17) is 5.73 Å². The number of para-hydroxylation sites is 1. The number of nitrogens with zero attached hydrogens (tertiary/aromatic N) is 1. The van der Waals surface area contributed by atoms with Gasteiger partial charge in [0.25, 0.3) is 0 Å². The molecule has 0 spiro atoms. The molecule has 1 aromatic heterocycles. The molecule has 0 fully saturated rings. The molecule has 0 aliphatic carbocycles. The molecule has 40 heavy (non-hydrogen) atoms. The zero-order chi connectivity index (χ0) is 27.6. The van der Waals surface area contributed by atoms with Gasteiger partial charge in [-0.2, -0.15) is 0 Å². The molecular formula is C38H32N2. The molecule has 0 amide bonds. The number of hydrogen-bond acceptors (Lipinski definition) is 1. The first-order valence-electron chi connectivity index (χ1n) is 13.6. The van der Waals surface area contributed by atoms with Crippen molar-refractivity contribution in [3.05, 3.63) is 158 Å². The van der Waals surface area contributed by atoms with E-state index in [-0.39, 0.29) is 6.04 Å². The summed E-state index contributed by atoms with van der Waals surface area (Å²) in [7, 11) is 0. The van der Waals surface area contributed by atoms with Gasteiger partial charge in [0.15, 0.2) is 0 Å². The second-order valence-corrected chi connectivity index (χ2v) is 10.2. The Bertz CT molecular complexity index is 1940. The Morgan fingerprint density at radius 3 is 2.17 bits per heavy atom. The van der Waals surface area contributed by atoms with Crippen LogP contribution in [0.1, 0.15) is 12.5 Å². The minimum atomic E-state index is -0.218. The van der Waals surface area contributed by atoms with Gasteiger partial charge in [0.1, 0.15) is 0 Å². The molecule has 2 heteroatoms. The Morgan fingerprint density at radius 2 is 1.45 bits per heavy atom. The second-order valence-electron chi connectivity index (χ2n) is 10.2. The molecule has 1 atom stereocenters. The highest BCUT2D eigenvalue weighted by Crippen LogP contribution is 2.39. The number of benzene rings is 5. The predicted molar refractivity (Wildman–Crippen MR) is 174 cm³/mol. The third kappa shape index (κ3) is 4.49. The first-order chi connectivity index (χ1) is 19.6. The lowest BCUT2D eigenvalue weighted by molar-refractivity contribution is 0.951. The molecule has 2 nitrogen and oxygen atoms in total. The molecule has 0 radical (unpaired) electrons. The standard InChI is InChI=1S/C38H32N2/c1-4-12-26(3)36(39)24-27(5-2)30-18-21-34-35-22-19-31-23-29(28-13-8-6-9-14-28)17-20-33(31)38(35)40(37(34)25-30)32-15-10-7-11-16-32/h4-25,36H,1-2,39H2,3H3/b26-12+,27-24+. The van der Waals surface area contributed by atoms with Crippen molar-refractivity contribution in [1.82, 2.24) is 4.57 Å². The third-order valence-corrected chi connectivity index (χ3v) is 7.68. The van der Waals surface area contributed by atoms with Gasteiger partial charge >= 0.3 is 0 Å². The molecule has 2 N–H and O–H groups in total. The molecule has 1 unspecified atom stereocenters. The summed E-state index contributed by atoms with van der Waals surface area (Å²) in [4.78, 5) is 0. The molecular weight excluding hydrogens is 484 g/mol.